The molecule has 4 rings (SSSR count). The molecule has 0 saturated heterocycles. The third kappa shape index (κ3) is 4.17. The van der Waals surface area contributed by atoms with Gasteiger partial charge in [-0.05, 0) is 48.9 Å². The van der Waals surface area contributed by atoms with Crippen molar-refractivity contribution >= 4 is 22.2 Å². The summed E-state index contributed by atoms with van der Waals surface area (Å²) in [4.78, 5) is 0. The first-order valence-electron chi connectivity index (χ1n) is 10.5. The van der Waals surface area contributed by atoms with E-state index in [1.54, 1.807) is 0 Å². The van der Waals surface area contributed by atoms with Crippen LogP contribution in [0.2, 0.25) is 0 Å². The van der Waals surface area contributed by atoms with E-state index in [0.717, 1.165) is 24.4 Å². The highest BCUT2D eigenvalue weighted by atomic mass is 15.0. The predicted molar refractivity (Wildman–Crippen MR) is 129 cm³/mol. The van der Waals surface area contributed by atoms with Crippen LogP contribution in [0.15, 0.2) is 91.6 Å². The number of aryl methyl sites for hydroxylation is 1. The summed E-state index contributed by atoms with van der Waals surface area (Å²) in [5.74, 6) is 0. The molecule has 1 unspecified atom stereocenters. The standard InChI is InChI=1S/C27H29N3/c1-20-10-9-13-23(18-20)29-27(22-11-5-4-6-12-22)21(2)25-19-30(17-16-28-3)26-15-8-7-14-24(25)26/h4-15,18-19,27-29H,2,16-17H2,1,3H3. The molecule has 0 spiro atoms. The van der Waals surface area contributed by atoms with Crippen LogP contribution < -0.4 is 10.6 Å². The Labute approximate surface area is 179 Å². The van der Waals surface area contributed by atoms with Crippen LogP contribution in [0.25, 0.3) is 16.5 Å². The summed E-state index contributed by atoms with van der Waals surface area (Å²) in [6.07, 6.45) is 2.25. The normalized spacial score (nSPS) is 12.1. The molecule has 152 valence electrons. The lowest BCUT2D eigenvalue weighted by molar-refractivity contribution is 0.662. The summed E-state index contributed by atoms with van der Waals surface area (Å²) in [5, 5.41) is 8.22. The largest absolute Gasteiger partial charge is 0.374 e. The van der Waals surface area contributed by atoms with Crippen molar-refractivity contribution in [1.82, 2.24) is 9.88 Å². The lowest BCUT2D eigenvalue weighted by atomic mass is 9.93. The summed E-state index contributed by atoms with van der Waals surface area (Å²) < 4.78 is 2.32. The van der Waals surface area contributed by atoms with Gasteiger partial charge in [-0.3, -0.25) is 0 Å². The van der Waals surface area contributed by atoms with Crippen molar-refractivity contribution in [3.8, 4) is 0 Å². The number of aromatic nitrogens is 1. The summed E-state index contributed by atoms with van der Waals surface area (Å²) in [6, 6.07) is 27.6. The maximum atomic E-state index is 4.57. The van der Waals surface area contributed by atoms with E-state index in [1.807, 2.05) is 7.05 Å². The highest BCUT2D eigenvalue weighted by Gasteiger charge is 2.20. The molecule has 1 heterocycles. The van der Waals surface area contributed by atoms with Gasteiger partial charge in [0, 0.05) is 41.4 Å². The highest BCUT2D eigenvalue weighted by Crippen LogP contribution is 2.36. The zero-order chi connectivity index (χ0) is 20.9. The molecule has 0 aliphatic heterocycles. The Hall–Kier alpha value is -3.30. The average molecular weight is 396 g/mol. The number of likely N-dealkylation sites (N-methyl/N-ethyl adjacent to an activating group) is 1. The minimum absolute atomic E-state index is 0.0171. The first-order valence-corrected chi connectivity index (χ1v) is 10.5. The molecule has 0 bridgehead atoms. The average Bonchev–Trinajstić information content (AvgIpc) is 3.15. The van der Waals surface area contributed by atoms with Crippen LogP contribution in [-0.4, -0.2) is 18.2 Å². The van der Waals surface area contributed by atoms with Crippen molar-refractivity contribution in [1.29, 1.82) is 0 Å². The van der Waals surface area contributed by atoms with E-state index in [-0.39, 0.29) is 6.04 Å². The van der Waals surface area contributed by atoms with Gasteiger partial charge < -0.3 is 15.2 Å². The van der Waals surface area contributed by atoms with E-state index >= 15 is 0 Å². The number of hydrogen-bond acceptors (Lipinski definition) is 2. The molecule has 4 aromatic rings. The van der Waals surface area contributed by atoms with Gasteiger partial charge in [-0.25, -0.2) is 0 Å². The zero-order valence-electron chi connectivity index (χ0n) is 17.7. The maximum absolute atomic E-state index is 4.57. The van der Waals surface area contributed by atoms with Crippen molar-refractivity contribution < 1.29 is 0 Å². The minimum atomic E-state index is -0.0171. The van der Waals surface area contributed by atoms with E-state index < -0.39 is 0 Å². The van der Waals surface area contributed by atoms with Gasteiger partial charge >= 0.3 is 0 Å². The van der Waals surface area contributed by atoms with E-state index in [0.29, 0.717) is 0 Å². The Morgan fingerprint density at radius 3 is 2.50 bits per heavy atom. The van der Waals surface area contributed by atoms with Crippen LogP contribution in [0.3, 0.4) is 0 Å². The zero-order valence-corrected chi connectivity index (χ0v) is 17.7. The topological polar surface area (TPSA) is 29.0 Å². The molecule has 1 atom stereocenters. The Morgan fingerprint density at radius 2 is 1.73 bits per heavy atom. The van der Waals surface area contributed by atoms with Gasteiger partial charge in [0.05, 0.1) is 6.04 Å². The number of nitrogens with zero attached hydrogens (tertiary/aromatic N) is 1. The first-order chi connectivity index (χ1) is 14.7. The number of nitrogens with one attached hydrogen (secondary N) is 2. The third-order valence-corrected chi connectivity index (χ3v) is 5.55. The molecule has 0 aliphatic carbocycles. The second kappa shape index (κ2) is 9.02. The molecule has 1 aromatic heterocycles. The SMILES string of the molecule is C=C(c1cn(CCNC)c2ccccc12)C(Nc1cccc(C)c1)c1ccccc1. The van der Waals surface area contributed by atoms with Crippen LogP contribution in [0.5, 0.6) is 0 Å². The van der Waals surface area contributed by atoms with Crippen molar-refractivity contribution in [2.24, 2.45) is 0 Å². The summed E-state index contributed by atoms with van der Waals surface area (Å²) in [7, 11) is 1.99. The molecular weight excluding hydrogens is 366 g/mol. The molecule has 0 aliphatic rings. The molecule has 2 N–H and O–H groups in total. The van der Waals surface area contributed by atoms with Crippen LogP contribution >= 0.6 is 0 Å². The Balaban J connectivity index is 1.77. The van der Waals surface area contributed by atoms with Crippen molar-refractivity contribution in [3.05, 3.63) is 108 Å². The lowest BCUT2D eigenvalue weighted by Crippen LogP contribution is -2.14. The fourth-order valence-electron chi connectivity index (χ4n) is 3.99. The molecule has 0 saturated carbocycles. The van der Waals surface area contributed by atoms with Crippen molar-refractivity contribution in [3.63, 3.8) is 0 Å². The molecule has 0 fully saturated rings. The van der Waals surface area contributed by atoms with Gasteiger partial charge in [0.25, 0.3) is 0 Å². The predicted octanol–water partition coefficient (Wildman–Crippen LogP) is 6.04. The van der Waals surface area contributed by atoms with Crippen LogP contribution in [0.4, 0.5) is 5.69 Å². The first kappa shape index (κ1) is 20.0. The molecule has 0 radical (unpaired) electrons. The molecule has 30 heavy (non-hydrogen) atoms. The molecule has 0 amide bonds. The number of anilines is 1. The smallest absolute Gasteiger partial charge is 0.0768 e. The molecule has 3 nitrogen and oxygen atoms in total. The second-order valence-corrected chi connectivity index (χ2v) is 7.74. The molecule has 3 aromatic carbocycles. The highest BCUT2D eigenvalue weighted by molar-refractivity contribution is 5.94. The monoisotopic (exact) mass is 395 g/mol. The van der Waals surface area contributed by atoms with Gasteiger partial charge in [-0.2, -0.15) is 0 Å². The third-order valence-electron chi connectivity index (χ3n) is 5.55. The lowest BCUT2D eigenvalue weighted by Gasteiger charge is -2.23. The van der Waals surface area contributed by atoms with Crippen LogP contribution in [0, 0.1) is 6.92 Å². The van der Waals surface area contributed by atoms with Gasteiger partial charge in [-0.1, -0.05) is 67.2 Å². The Morgan fingerprint density at radius 1 is 0.967 bits per heavy atom. The summed E-state index contributed by atoms with van der Waals surface area (Å²) in [6.45, 7) is 8.54. The Kier molecular flexibility index (Phi) is 6.01. The number of fused-ring (bicyclic) bond motifs is 1. The van der Waals surface area contributed by atoms with Crippen molar-refractivity contribution in [2.45, 2.75) is 19.5 Å². The van der Waals surface area contributed by atoms with Crippen LogP contribution in [-0.2, 0) is 6.54 Å². The van der Waals surface area contributed by atoms with Crippen LogP contribution in [0.1, 0.15) is 22.7 Å². The van der Waals surface area contributed by atoms with Gasteiger partial charge in [0.2, 0.25) is 0 Å². The van der Waals surface area contributed by atoms with E-state index in [2.05, 4.69) is 114 Å². The van der Waals surface area contributed by atoms with E-state index in [1.165, 1.54) is 27.6 Å². The maximum Gasteiger partial charge on any atom is 0.0768 e. The Bertz CT molecular complexity index is 1140. The molecule has 3 heteroatoms. The van der Waals surface area contributed by atoms with E-state index in [9.17, 15) is 0 Å². The number of benzene rings is 3. The number of hydrogen-bond donors (Lipinski definition) is 2. The van der Waals surface area contributed by atoms with Gasteiger partial charge in [-0.15, -0.1) is 0 Å². The minimum Gasteiger partial charge on any atom is -0.374 e. The van der Waals surface area contributed by atoms with Gasteiger partial charge in [0.1, 0.15) is 0 Å². The van der Waals surface area contributed by atoms with Crippen molar-refractivity contribution in [2.75, 3.05) is 18.9 Å². The number of rotatable bonds is 8. The fraction of sp³-hybridized carbons (Fsp3) is 0.185. The van der Waals surface area contributed by atoms with E-state index in [4.69, 9.17) is 0 Å². The summed E-state index contributed by atoms with van der Waals surface area (Å²) >= 11 is 0. The second-order valence-electron chi connectivity index (χ2n) is 7.74. The summed E-state index contributed by atoms with van der Waals surface area (Å²) in [5.41, 5.74) is 7.05. The quantitative estimate of drug-likeness (QED) is 0.381. The van der Waals surface area contributed by atoms with Gasteiger partial charge in [0.15, 0.2) is 0 Å². The molecular formula is C27H29N3. The fourth-order valence-corrected chi connectivity index (χ4v) is 3.99. The number of para-hydroxylation sites is 1.